The molecule has 2 rings (SSSR count). The van der Waals surface area contributed by atoms with Crippen LogP contribution in [0.15, 0.2) is 30.3 Å². The molecule has 0 heterocycles. The number of benzene rings is 1. The summed E-state index contributed by atoms with van der Waals surface area (Å²) in [5.41, 5.74) is 0.840. The lowest BCUT2D eigenvalue weighted by molar-refractivity contribution is -0.140. The second-order valence-corrected chi connectivity index (χ2v) is 5.06. The minimum atomic E-state index is -1.19. The predicted octanol–water partition coefficient (Wildman–Crippen LogP) is 1.74. The number of carbonyl (C=O) groups excluding carboxylic acids is 2. The summed E-state index contributed by atoms with van der Waals surface area (Å²) in [6, 6.07) is 8.41. The molecule has 1 aromatic carbocycles. The highest BCUT2D eigenvalue weighted by atomic mass is 16.5. The number of carboxylic acids is 1. The van der Waals surface area contributed by atoms with Gasteiger partial charge in [-0.1, -0.05) is 30.3 Å². The summed E-state index contributed by atoms with van der Waals surface area (Å²) in [5, 5.41) is 11.1. The smallest absolute Gasteiger partial charge is 0.408 e. The number of ether oxygens (including phenoxy) is 1. The van der Waals surface area contributed by atoms with Gasteiger partial charge in [0.25, 0.3) is 0 Å². The Labute approximate surface area is 122 Å². The van der Waals surface area contributed by atoms with Crippen molar-refractivity contribution in [1.29, 1.82) is 0 Å². The molecular formula is C15H17NO5. The molecule has 6 heteroatoms. The van der Waals surface area contributed by atoms with E-state index in [1.807, 2.05) is 30.3 Å². The van der Waals surface area contributed by atoms with E-state index in [0.717, 1.165) is 18.4 Å². The van der Waals surface area contributed by atoms with Crippen LogP contribution < -0.4 is 5.32 Å². The number of amides is 1. The third-order valence-corrected chi connectivity index (χ3v) is 3.25. The molecule has 0 spiro atoms. The van der Waals surface area contributed by atoms with Crippen molar-refractivity contribution < 1.29 is 24.2 Å². The summed E-state index contributed by atoms with van der Waals surface area (Å²) in [5.74, 6) is -1.65. The molecule has 1 saturated carbocycles. The quantitative estimate of drug-likeness (QED) is 0.746. The highest BCUT2D eigenvalue weighted by Gasteiger charge is 2.37. The Hall–Kier alpha value is -2.37. The largest absolute Gasteiger partial charge is 0.481 e. The van der Waals surface area contributed by atoms with E-state index in [9.17, 15) is 14.4 Å². The third kappa shape index (κ3) is 4.91. The van der Waals surface area contributed by atoms with Crippen LogP contribution in [0.4, 0.5) is 4.79 Å². The first-order chi connectivity index (χ1) is 10.1. The molecule has 0 saturated heterocycles. The number of Topliss-reactive ketones (excluding diaryl/α,β-unsaturated/α-hetero) is 1. The van der Waals surface area contributed by atoms with E-state index in [-0.39, 0.29) is 12.5 Å². The Morgan fingerprint density at radius 3 is 2.48 bits per heavy atom. The molecule has 0 aliphatic heterocycles. The van der Waals surface area contributed by atoms with Gasteiger partial charge >= 0.3 is 12.1 Å². The van der Waals surface area contributed by atoms with E-state index in [2.05, 4.69) is 5.32 Å². The summed E-state index contributed by atoms with van der Waals surface area (Å²) in [7, 11) is 0. The number of aliphatic carboxylic acids is 1. The van der Waals surface area contributed by atoms with Crippen LogP contribution in [0.1, 0.15) is 24.8 Å². The fourth-order valence-electron chi connectivity index (χ4n) is 2.04. The van der Waals surface area contributed by atoms with Crippen LogP contribution in [0.25, 0.3) is 0 Å². The van der Waals surface area contributed by atoms with Gasteiger partial charge in [-0.05, 0) is 24.3 Å². The summed E-state index contributed by atoms with van der Waals surface area (Å²) >= 11 is 0. The number of carbonyl (C=O) groups is 3. The topological polar surface area (TPSA) is 92.7 Å². The van der Waals surface area contributed by atoms with Crippen molar-refractivity contribution in [2.24, 2.45) is 5.92 Å². The van der Waals surface area contributed by atoms with Crippen molar-refractivity contribution >= 4 is 17.8 Å². The molecule has 0 radical (unpaired) electrons. The van der Waals surface area contributed by atoms with Crippen molar-refractivity contribution in [1.82, 2.24) is 5.32 Å². The van der Waals surface area contributed by atoms with E-state index in [1.54, 1.807) is 0 Å². The first-order valence-electron chi connectivity index (χ1n) is 6.78. The molecule has 1 aliphatic rings. The maximum absolute atomic E-state index is 11.8. The van der Waals surface area contributed by atoms with Crippen LogP contribution in [-0.4, -0.2) is 29.0 Å². The van der Waals surface area contributed by atoms with E-state index in [1.165, 1.54) is 0 Å². The van der Waals surface area contributed by atoms with Gasteiger partial charge in [-0.25, -0.2) is 4.79 Å². The van der Waals surface area contributed by atoms with Crippen molar-refractivity contribution in [3.63, 3.8) is 0 Å². The van der Waals surface area contributed by atoms with Crippen LogP contribution in [0.2, 0.25) is 0 Å². The summed E-state index contributed by atoms with van der Waals surface area (Å²) in [6.45, 7) is 0.108. The lowest BCUT2D eigenvalue weighted by Crippen LogP contribution is -2.43. The molecule has 2 N–H and O–H groups in total. The third-order valence-electron chi connectivity index (χ3n) is 3.25. The van der Waals surface area contributed by atoms with Gasteiger partial charge in [-0.15, -0.1) is 0 Å². The number of rotatable bonds is 7. The van der Waals surface area contributed by atoms with E-state index in [0.29, 0.717) is 0 Å². The maximum Gasteiger partial charge on any atom is 0.408 e. The van der Waals surface area contributed by atoms with Gasteiger partial charge in [0.05, 0.1) is 6.04 Å². The average molecular weight is 291 g/mol. The molecule has 1 aliphatic carbocycles. The van der Waals surface area contributed by atoms with E-state index < -0.39 is 30.3 Å². The lowest BCUT2D eigenvalue weighted by atomic mass is 10.1. The van der Waals surface area contributed by atoms with Crippen LogP contribution >= 0.6 is 0 Å². The molecule has 1 atom stereocenters. The van der Waals surface area contributed by atoms with Gasteiger partial charge in [0.15, 0.2) is 5.78 Å². The molecule has 0 bridgehead atoms. The van der Waals surface area contributed by atoms with Crippen molar-refractivity contribution in [3.8, 4) is 0 Å². The SMILES string of the molecule is O=C(O)CC(=O)[C@@H](NC(=O)OCc1ccccc1)C1CC1. The first kappa shape index (κ1) is 15.0. The minimum Gasteiger partial charge on any atom is -0.481 e. The molecule has 0 aromatic heterocycles. The Kier molecular flexibility index (Phi) is 4.92. The predicted molar refractivity (Wildman–Crippen MR) is 73.5 cm³/mol. The van der Waals surface area contributed by atoms with Gasteiger partial charge in [0.2, 0.25) is 0 Å². The van der Waals surface area contributed by atoms with Gasteiger partial charge in [-0.3, -0.25) is 9.59 Å². The molecule has 112 valence electrons. The van der Waals surface area contributed by atoms with Gasteiger partial charge in [0.1, 0.15) is 13.0 Å². The molecule has 0 unspecified atom stereocenters. The van der Waals surface area contributed by atoms with Crippen LogP contribution in [-0.2, 0) is 20.9 Å². The number of hydrogen-bond donors (Lipinski definition) is 2. The van der Waals surface area contributed by atoms with Crippen molar-refractivity contribution in [3.05, 3.63) is 35.9 Å². The monoisotopic (exact) mass is 291 g/mol. The fraction of sp³-hybridized carbons (Fsp3) is 0.400. The Morgan fingerprint density at radius 1 is 1.24 bits per heavy atom. The number of alkyl carbamates (subject to hydrolysis) is 1. The Balaban J connectivity index is 1.84. The Bertz CT molecular complexity index is 524. The zero-order chi connectivity index (χ0) is 15.2. The first-order valence-corrected chi connectivity index (χ1v) is 6.78. The van der Waals surface area contributed by atoms with Crippen LogP contribution in [0.3, 0.4) is 0 Å². The number of carboxylic acid groups (broad SMARTS) is 1. The van der Waals surface area contributed by atoms with Gasteiger partial charge in [0, 0.05) is 0 Å². The average Bonchev–Trinajstić information content (AvgIpc) is 3.27. The van der Waals surface area contributed by atoms with Crippen molar-refractivity contribution in [2.45, 2.75) is 31.9 Å². The highest BCUT2D eigenvalue weighted by Crippen LogP contribution is 2.33. The zero-order valence-corrected chi connectivity index (χ0v) is 11.5. The van der Waals surface area contributed by atoms with Crippen LogP contribution in [0.5, 0.6) is 0 Å². The van der Waals surface area contributed by atoms with Crippen molar-refractivity contribution in [2.75, 3.05) is 0 Å². The summed E-state index contributed by atoms with van der Waals surface area (Å²) < 4.78 is 5.04. The molecule has 6 nitrogen and oxygen atoms in total. The van der Waals surface area contributed by atoms with Gasteiger partial charge in [-0.2, -0.15) is 0 Å². The van der Waals surface area contributed by atoms with E-state index >= 15 is 0 Å². The van der Waals surface area contributed by atoms with Crippen LogP contribution in [0, 0.1) is 5.92 Å². The number of nitrogens with one attached hydrogen (secondary N) is 1. The second kappa shape index (κ2) is 6.88. The minimum absolute atomic E-state index is 0.0288. The molecule has 1 fully saturated rings. The molecule has 1 amide bonds. The molecular weight excluding hydrogens is 274 g/mol. The highest BCUT2D eigenvalue weighted by molar-refractivity contribution is 5.99. The Morgan fingerprint density at radius 2 is 1.90 bits per heavy atom. The number of hydrogen-bond acceptors (Lipinski definition) is 4. The second-order valence-electron chi connectivity index (χ2n) is 5.06. The number of ketones is 1. The van der Waals surface area contributed by atoms with Gasteiger partial charge < -0.3 is 15.2 Å². The lowest BCUT2D eigenvalue weighted by Gasteiger charge is -2.16. The van der Waals surface area contributed by atoms with E-state index in [4.69, 9.17) is 9.84 Å². The summed E-state index contributed by atoms with van der Waals surface area (Å²) in [4.78, 5) is 34.1. The standard InChI is InChI=1S/C15H17NO5/c17-12(8-13(18)19)14(11-6-7-11)16-15(20)21-9-10-4-2-1-3-5-10/h1-5,11,14H,6-9H2,(H,16,20)(H,18,19)/t14-/m0/s1. The normalized spacial score (nSPS) is 15.0. The molecule has 21 heavy (non-hydrogen) atoms. The maximum atomic E-state index is 11.8. The zero-order valence-electron chi connectivity index (χ0n) is 11.5. The summed E-state index contributed by atoms with van der Waals surface area (Å²) in [6.07, 6.45) is 0.346. The fourth-order valence-corrected chi connectivity index (χ4v) is 2.04. The molecule has 1 aromatic rings.